The fourth-order valence-corrected chi connectivity index (χ4v) is 1.98. The maximum absolute atomic E-state index is 11.6. The lowest BCUT2D eigenvalue weighted by Crippen LogP contribution is -2.30. The van der Waals surface area contributed by atoms with Gasteiger partial charge >= 0.3 is 5.97 Å². The van der Waals surface area contributed by atoms with Crippen LogP contribution >= 0.6 is 0 Å². The van der Waals surface area contributed by atoms with Crippen molar-refractivity contribution in [2.75, 3.05) is 24.2 Å². The summed E-state index contributed by atoms with van der Waals surface area (Å²) in [5.74, 6) is -1.02. The molecule has 0 aliphatic heterocycles. The molecule has 0 spiro atoms. The molecule has 108 valence electrons. The van der Waals surface area contributed by atoms with Crippen LogP contribution < -0.4 is 16.0 Å². The fourth-order valence-electron chi connectivity index (χ4n) is 1.98. The number of carboxylic acids is 1. The van der Waals surface area contributed by atoms with Crippen LogP contribution in [-0.4, -0.2) is 36.6 Å². The highest BCUT2D eigenvalue weighted by atomic mass is 16.4. The number of carbonyl (C=O) groups is 2. The van der Waals surface area contributed by atoms with E-state index in [1.807, 2.05) is 0 Å². The zero-order chi connectivity index (χ0) is 14.7. The molecule has 0 radical (unpaired) electrons. The topological polar surface area (TPSA) is 95.7 Å². The third-order valence-corrected chi connectivity index (χ3v) is 3.28. The molecule has 0 aromatic heterocycles. The summed E-state index contributed by atoms with van der Waals surface area (Å²) in [5.41, 5.74) is 6.72. The molecule has 0 unspecified atom stereocenters. The predicted molar refractivity (Wildman–Crippen MR) is 76.9 cm³/mol. The minimum absolute atomic E-state index is 0.00618. The van der Waals surface area contributed by atoms with Gasteiger partial charge in [0.05, 0.1) is 11.3 Å². The Labute approximate surface area is 117 Å². The van der Waals surface area contributed by atoms with Crippen molar-refractivity contribution in [1.82, 2.24) is 5.32 Å². The average molecular weight is 277 g/mol. The second-order valence-corrected chi connectivity index (χ2v) is 5.10. The maximum atomic E-state index is 11.6. The number of carbonyl (C=O) groups excluding carboxylic acids is 1. The van der Waals surface area contributed by atoms with Gasteiger partial charge in [0.15, 0.2) is 0 Å². The summed E-state index contributed by atoms with van der Waals surface area (Å²) in [5, 5.41) is 12.1. The third kappa shape index (κ3) is 3.63. The van der Waals surface area contributed by atoms with Crippen molar-refractivity contribution in [1.29, 1.82) is 0 Å². The number of nitrogen functional groups attached to an aromatic ring is 1. The SMILES string of the molecule is CN(CCC(=O)NC1CC1)c1ccc(N)cc1C(=O)O. The minimum atomic E-state index is -1.03. The molecule has 6 heteroatoms. The van der Waals surface area contributed by atoms with E-state index in [1.54, 1.807) is 24.1 Å². The molecule has 1 fully saturated rings. The number of hydrogen-bond donors (Lipinski definition) is 3. The molecule has 6 nitrogen and oxygen atoms in total. The van der Waals surface area contributed by atoms with E-state index in [1.165, 1.54) is 6.07 Å². The van der Waals surface area contributed by atoms with E-state index in [9.17, 15) is 14.7 Å². The molecule has 1 saturated carbocycles. The molecular formula is C14H19N3O3. The molecule has 1 aromatic carbocycles. The molecule has 0 bridgehead atoms. The van der Waals surface area contributed by atoms with Gasteiger partial charge in [-0.3, -0.25) is 4.79 Å². The van der Waals surface area contributed by atoms with Crippen molar-refractivity contribution in [3.63, 3.8) is 0 Å². The molecule has 1 amide bonds. The largest absolute Gasteiger partial charge is 0.478 e. The van der Waals surface area contributed by atoms with Crippen LogP contribution in [0.2, 0.25) is 0 Å². The van der Waals surface area contributed by atoms with E-state index in [4.69, 9.17) is 5.73 Å². The number of amides is 1. The van der Waals surface area contributed by atoms with Crippen molar-refractivity contribution >= 4 is 23.3 Å². The van der Waals surface area contributed by atoms with E-state index < -0.39 is 5.97 Å². The molecule has 1 aromatic rings. The van der Waals surface area contributed by atoms with Gasteiger partial charge in [-0.15, -0.1) is 0 Å². The molecular weight excluding hydrogens is 258 g/mol. The second kappa shape index (κ2) is 5.81. The van der Waals surface area contributed by atoms with Gasteiger partial charge in [-0.05, 0) is 31.0 Å². The Morgan fingerprint density at radius 2 is 2.15 bits per heavy atom. The van der Waals surface area contributed by atoms with Gasteiger partial charge in [-0.1, -0.05) is 0 Å². The van der Waals surface area contributed by atoms with E-state index in [0.717, 1.165) is 12.8 Å². The zero-order valence-corrected chi connectivity index (χ0v) is 11.4. The highest BCUT2D eigenvalue weighted by Crippen LogP contribution is 2.23. The van der Waals surface area contributed by atoms with Gasteiger partial charge in [-0.25, -0.2) is 4.79 Å². The molecule has 1 aliphatic rings. The van der Waals surface area contributed by atoms with Gasteiger partial charge in [0, 0.05) is 31.7 Å². The number of nitrogens with one attached hydrogen (secondary N) is 1. The normalized spacial score (nSPS) is 13.8. The number of carboxylic acid groups (broad SMARTS) is 1. The predicted octanol–water partition coefficient (Wildman–Crippen LogP) is 1.07. The average Bonchev–Trinajstić information content (AvgIpc) is 3.19. The molecule has 1 aliphatic carbocycles. The highest BCUT2D eigenvalue weighted by molar-refractivity contribution is 5.95. The first-order valence-corrected chi connectivity index (χ1v) is 6.60. The summed E-state index contributed by atoms with van der Waals surface area (Å²) < 4.78 is 0. The Bertz CT molecular complexity index is 526. The molecule has 0 heterocycles. The Hall–Kier alpha value is -2.24. The van der Waals surface area contributed by atoms with E-state index in [2.05, 4.69) is 5.32 Å². The lowest BCUT2D eigenvalue weighted by Gasteiger charge is -2.21. The van der Waals surface area contributed by atoms with Crippen LogP contribution in [0.5, 0.6) is 0 Å². The van der Waals surface area contributed by atoms with Gasteiger partial charge in [0.2, 0.25) is 5.91 Å². The minimum Gasteiger partial charge on any atom is -0.478 e. The molecule has 2 rings (SSSR count). The van der Waals surface area contributed by atoms with Crippen molar-refractivity contribution in [3.05, 3.63) is 23.8 Å². The highest BCUT2D eigenvalue weighted by Gasteiger charge is 2.23. The molecule has 4 N–H and O–H groups in total. The van der Waals surface area contributed by atoms with E-state index >= 15 is 0 Å². The molecule has 0 atom stereocenters. The van der Waals surface area contributed by atoms with Gasteiger partial charge < -0.3 is 21.1 Å². The maximum Gasteiger partial charge on any atom is 0.337 e. The van der Waals surface area contributed by atoms with Crippen LogP contribution in [0.15, 0.2) is 18.2 Å². The van der Waals surface area contributed by atoms with Crippen LogP contribution in [0, 0.1) is 0 Å². The lowest BCUT2D eigenvalue weighted by atomic mass is 10.1. The first-order chi connectivity index (χ1) is 9.47. The van der Waals surface area contributed by atoms with Gasteiger partial charge in [0.25, 0.3) is 0 Å². The van der Waals surface area contributed by atoms with Crippen LogP contribution in [0.1, 0.15) is 29.6 Å². The Kier molecular flexibility index (Phi) is 4.12. The van der Waals surface area contributed by atoms with Crippen molar-refractivity contribution in [3.8, 4) is 0 Å². The standard InChI is InChI=1S/C14H19N3O3/c1-17(7-6-13(18)16-10-3-4-10)12-5-2-9(15)8-11(12)14(19)20/h2,5,8,10H,3-4,6-7,15H2,1H3,(H,16,18)(H,19,20). The first-order valence-electron chi connectivity index (χ1n) is 6.60. The summed E-state index contributed by atoms with van der Waals surface area (Å²) in [6, 6.07) is 5.09. The number of aromatic carboxylic acids is 1. The number of rotatable bonds is 6. The second-order valence-electron chi connectivity index (χ2n) is 5.10. The number of anilines is 2. The molecule has 0 saturated heterocycles. The van der Waals surface area contributed by atoms with Crippen LogP contribution in [-0.2, 0) is 4.79 Å². The summed E-state index contributed by atoms with van der Waals surface area (Å²) in [4.78, 5) is 24.6. The number of nitrogens with two attached hydrogens (primary N) is 1. The number of benzene rings is 1. The van der Waals surface area contributed by atoms with Crippen LogP contribution in [0.3, 0.4) is 0 Å². The Morgan fingerprint density at radius 1 is 1.45 bits per heavy atom. The summed E-state index contributed by atoms with van der Waals surface area (Å²) in [6.45, 7) is 0.461. The smallest absolute Gasteiger partial charge is 0.337 e. The van der Waals surface area contributed by atoms with E-state index in [0.29, 0.717) is 30.4 Å². The molecule has 20 heavy (non-hydrogen) atoms. The van der Waals surface area contributed by atoms with Crippen molar-refractivity contribution in [2.45, 2.75) is 25.3 Å². The van der Waals surface area contributed by atoms with E-state index in [-0.39, 0.29) is 11.5 Å². The Morgan fingerprint density at radius 3 is 2.75 bits per heavy atom. The number of nitrogens with zero attached hydrogens (tertiary/aromatic N) is 1. The Balaban J connectivity index is 1.98. The third-order valence-electron chi connectivity index (χ3n) is 3.28. The zero-order valence-electron chi connectivity index (χ0n) is 11.4. The first kappa shape index (κ1) is 14.2. The number of hydrogen-bond acceptors (Lipinski definition) is 4. The monoisotopic (exact) mass is 277 g/mol. The quantitative estimate of drug-likeness (QED) is 0.676. The van der Waals surface area contributed by atoms with Crippen LogP contribution in [0.25, 0.3) is 0 Å². The fraction of sp³-hybridized carbons (Fsp3) is 0.429. The summed E-state index contributed by atoms with van der Waals surface area (Å²) in [6.07, 6.45) is 2.46. The summed E-state index contributed by atoms with van der Waals surface area (Å²) in [7, 11) is 1.77. The van der Waals surface area contributed by atoms with Gasteiger partial charge in [0.1, 0.15) is 0 Å². The lowest BCUT2D eigenvalue weighted by molar-refractivity contribution is -0.121. The van der Waals surface area contributed by atoms with Crippen LogP contribution in [0.4, 0.5) is 11.4 Å². The van der Waals surface area contributed by atoms with Crippen molar-refractivity contribution < 1.29 is 14.7 Å². The van der Waals surface area contributed by atoms with Gasteiger partial charge in [-0.2, -0.15) is 0 Å². The summed E-state index contributed by atoms with van der Waals surface area (Å²) >= 11 is 0. The van der Waals surface area contributed by atoms with Crippen molar-refractivity contribution in [2.24, 2.45) is 0 Å².